The molecule has 0 aliphatic carbocycles. The Morgan fingerprint density at radius 3 is 2.61 bits per heavy atom. The molecule has 0 aromatic carbocycles. The van der Waals surface area contributed by atoms with Crippen LogP contribution in [0.2, 0.25) is 0 Å². The van der Waals surface area contributed by atoms with Crippen molar-refractivity contribution in [3.8, 4) is 0 Å². The molecule has 0 spiro atoms. The zero-order valence-corrected chi connectivity index (χ0v) is 11.2. The van der Waals surface area contributed by atoms with Gasteiger partial charge >= 0.3 is 5.97 Å². The summed E-state index contributed by atoms with van der Waals surface area (Å²) in [4.78, 5) is 15.7. The van der Waals surface area contributed by atoms with Crippen LogP contribution in [0.4, 0.5) is 0 Å². The van der Waals surface area contributed by atoms with Gasteiger partial charge in [-0.05, 0) is 39.3 Å². The Balaban J connectivity index is 2.82. The molecule has 1 heterocycles. The third-order valence-electron chi connectivity index (χ3n) is 2.42. The molecule has 2 atom stereocenters. The van der Waals surface area contributed by atoms with Crippen LogP contribution < -0.4 is 5.73 Å². The minimum absolute atomic E-state index is 0.538. The first-order valence-corrected chi connectivity index (χ1v) is 5.79. The fraction of sp³-hybridized carbons (Fsp3) is 0.538. The van der Waals surface area contributed by atoms with E-state index in [0.29, 0.717) is 5.56 Å². The van der Waals surface area contributed by atoms with Crippen molar-refractivity contribution in [1.29, 1.82) is 0 Å². The van der Waals surface area contributed by atoms with E-state index in [0.717, 1.165) is 5.56 Å². The lowest BCUT2D eigenvalue weighted by Crippen LogP contribution is -2.41. The Bertz CT molecular complexity index is 426. The van der Waals surface area contributed by atoms with Crippen molar-refractivity contribution in [2.45, 2.75) is 45.4 Å². The van der Waals surface area contributed by atoms with Gasteiger partial charge in [0.05, 0.1) is 0 Å². The first kappa shape index (κ1) is 14.6. The third-order valence-corrected chi connectivity index (χ3v) is 2.42. The quantitative estimate of drug-likeness (QED) is 0.787. The lowest BCUT2D eigenvalue weighted by Gasteiger charge is -2.25. The van der Waals surface area contributed by atoms with Gasteiger partial charge in [-0.15, -0.1) is 0 Å². The highest BCUT2D eigenvalue weighted by Crippen LogP contribution is 2.20. The van der Waals surface area contributed by atoms with Gasteiger partial charge in [-0.3, -0.25) is 9.78 Å². The number of aliphatic hydroxyl groups is 1. The van der Waals surface area contributed by atoms with Crippen molar-refractivity contribution in [3.05, 3.63) is 29.6 Å². The van der Waals surface area contributed by atoms with Gasteiger partial charge in [0, 0.05) is 18.0 Å². The van der Waals surface area contributed by atoms with E-state index in [1.807, 2.05) is 6.92 Å². The lowest BCUT2D eigenvalue weighted by atomic mass is 10.0. The highest BCUT2D eigenvalue weighted by atomic mass is 16.6. The summed E-state index contributed by atoms with van der Waals surface area (Å²) < 4.78 is 5.14. The topological polar surface area (TPSA) is 85.4 Å². The van der Waals surface area contributed by atoms with Crippen LogP contribution in [-0.4, -0.2) is 27.7 Å². The molecule has 100 valence electrons. The minimum Gasteiger partial charge on any atom is -0.459 e. The second-order valence-corrected chi connectivity index (χ2v) is 5.24. The number of ether oxygens (including phenoxy) is 1. The fourth-order valence-electron chi connectivity index (χ4n) is 1.48. The van der Waals surface area contributed by atoms with Crippen LogP contribution in [0.1, 0.15) is 38.0 Å². The van der Waals surface area contributed by atoms with Crippen molar-refractivity contribution < 1.29 is 14.6 Å². The molecule has 0 radical (unpaired) electrons. The summed E-state index contributed by atoms with van der Waals surface area (Å²) in [6, 6.07) is 0.632. The molecule has 0 aliphatic heterocycles. The van der Waals surface area contributed by atoms with Crippen molar-refractivity contribution in [2.75, 3.05) is 0 Å². The normalized spacial score (nSPS) is 15.0. The van der Waals surface area contributed by atoms with Crippen LogP contribution in [0.25, 0.3) is 0 Å². The number of nitrogens with zero attached hydrogens (tertiary/aromatic N) is 1. The molecular weight excluding hydrogens is 232 g/mol. The van der Waals surface area contributed by atoms with Crippen LogP contribution in [0, 0.1) is 6.92 Å². The summed E-state index contributed by atoms with van der Waals surface area (Å²) in [6.07, 6.45) is 2.00. The maximum absolute atomic E-state index is 11.8. The molecule has 0 fully saturated rings. The SMILES string of the molecule is Cc1ccncc1[C@@H](O)[C@H](N)C(=O)OC(C)(C)C. The average Bonchev–Trinajstić information content (AvgIpc) is 2.25. The standard InChI is InChI=1S/C13H20N2O3/c1-8-5-6-15-7-9(8)11(16)10(14)12(17)18-13(2,3)4/h5-7,10-11,16H,14H2,1-4H3/t10-,11+/m0/s1. The number of aryl methyl sites for hydroxylation is 1. The summed E-state index contributed by atoms with van der Waals surface area (Å²) in [5.41, 5.74) is 6.46. The zero-order valence-electron chi connectivity index (χ0n) is 11.2. The minimum atomic E-state index is -1.12. The first-order valence-electron chi connectivity index (χ1n) is 5.79. The van der Waals surface area contributed by atoms with Crippen LogP contribution in [0.5, 0.6) is 0 Å². The van der Waals surface area contributed by atoms with Crippen LogP contribution in [0.15, 0.2) is 18.5 Å². The van der Waals surface area contributed by atoms with Gasteiger partial charge in [0.25, 0.3) is 0 Å². The molecule has 5 heteroatoms. The number of aliphatic hydroxyl groups excluding tert-OH is 1. The number of esters is 1. The van der Waals surface area contributed by atoms with Gasteiger partial charge in [0.2, 0.25) is 0 Å². The van der Waals surface area contributed by atoms with E-state index in [9.17, 15) is 9.90 Å². The van der Waals surface area contributed by atoms with Crippen LogP contribution in [-0.2, 0) is 9.53 Å². The second kappa shape index (κ2) is 5.46. The predicted octanol–water partition coefficient (Wildman–Crippen LogP) is 1.09. The van der Waals surface area contributed by atoms with Gasteiger partial charge in [-0.25, -0.2) is 0 Å². The molecule has 0 unspecified atom stereocenters. The summed E-state index contributed by atoms with van der Waals surface area (Å²) >= 11 is 0. The Morgan fingerprint density at radius 2 is 2.11 bits per heavy atom. The monoisotopic (exact) mass is 252 g/mol. The second-order valence-electron chi connectivity index (χ2n) is 5.24. The van der Waals surface area contributed by atoms with Gasteiger partial charge in [-0.1, -0.05) is 0 Å². The van der Waals surface area contributed by atoms with Crippen molar-refractivity contribution in [1.82, 2.24) is 4.98 Å². The lowest BCUT2D eigenvalue weighted by molar-refractivity contribution is -0.159. The Kier molecular flexibility index (Phi) is 4.43. The van der Waals surface area contributed by atoms with Gasteiger partial charge in [-0.2, -0.15) is 0 Å². The summed E-state index contributed by atoms with van der Waals surface area (Å²) in [5.74, 6) is -0.627. The Hall–Kier alpha value is -1.46. The fourth-order valence-corrected chi connectivity index (χ4v) is 1.48. The van der Waals surface area contributed by atoms with E-state index in [1.54, 1.807) is 33.0 Å². The van der Waals surface area contributed by atoms with E-state index in [4.69, 9.17) is 10.5 Å². The molecule has 5 nitrogen and oxygen atoms in total. The van der Waals surface area contributed by atoms with E-state index in [1.165, 1.54) is 6.20 Å². The van der Waals surface area contributed by atoms with Crippen LogP contribution >= 0.6 is 0 Å². The number of carbonyl (C=O) groups excluding carboxylic acids is 1. The number of nitrogens with two attached hydrogens (primary N) is 1. The Morgan fingerprint density at radius 1 is 1.50 bits per heavy atom. The molecule has 0 saturated heterocycles. The molecule has 0 aliphatic rings. The van der Waals surface area contributed by atoms with Crippen molar-refractivity contribution >= 4 is 5.97 Å². The molecular formula is C13H20N2O3. The van der Waals surface area contributed by atoms with Gasteiger partial charge in [0.15, 0.2) is 0 Å². The number of rotatable bonds is 3. The highest BCUT2D eigenvalue weighted by molar-refractivity contribution is 5.77. The number of pyridine rings is 1. The zero-order chi connectivity index (χ0) is 13.9. The molecule has 18 heavy (non-hydrogen) atoms. The van der Waals surface area contributed by atoms with Crippen molar-refractivity contribution in [3.63, 3.8) is 0 Å². The molecule has 0 amide bonds. The summed E-state index contributed by atoms with van der Waals surface area (Å²) in [6.45, 7) is 7.07. The Labute approximate surface area is 107 Å². The third kappa shape index (κ3) is 3.78. The van der Waals surface area contributed by atoms with Gasteiger partial charge < -0.3 is 15.6 Å². The summed E-state index contributed by atoms with van der Waals surface area (Å²) in [5, 5.41) is 10.1. The maximum Gasteiger partial charge on any atom is 0.326 e. The summed E-state index contributed by atoms with van der Waals surface area (Å²) in [7, 11) is 0. The number of hydrogen-bond donors (Lipinski definition) is 2. The van der Waals surface area contributed by atoms with E-state index in [-0.39, 0.29) is 0 Å². The van der Waals surface area contributed by atoms with E-state index in [2.05, 4.69) is 4.98 Å². The van der Waals surface area contributed by atoms with E-state index >= 15 is 0 Å². The molecule has 1 rings (SSSR count). The molecule has 0 bridgehead atoms. The van der Waals surface area contributed by atoms with E-state index < -0.39 is 23.7 Å². The maximum atomic E-state index is 11.8. The average molecular weight is 252 g/mol. The molecule has 3 N–H and O–H groups in total. The smallest absolute Gasteiger partial charge is 0.326 e. The number of hydrogen-bond acceptors (Lipinski definition) is 5. The van der Waals surface area contributed by atoms with Crippen LogP contribution in [0.3, 0.4) is 0 Å². The van der Waals surface area contributed by atoms with Gasteiger partial charge in [0.1, 0.15) is 17.7 Å². The first-order chi connectivity index (χ1) is 8.22. The molecule has 1 aromatic rings. The number of aromatic nitrogens is 1. The number of carbonyl (C=O) groups is 1. The molecule has 1 aromatic heterocycles. The van der Waals surface area contributed by atoms with Crippen molar-refractivity contribution in [2.24, 2.45) is 5.73 Å². The molecule has 0 saturated carbocycles. The largest absolute Gasteiger partial charge is 0.459 e. The highest BCUT2D eigenvalue weighted by Gasteiger charge is 2.29. The predicted molar refractivity (Wildman–Crippen MR) is 67.8 cm³/mol.